The molecule has 1 aliphatic rings. The molecule has 0 spiro atoms. The molecule has 6 nitrogen and oxygen atoms in total. The summed E-state index contributed by atoms with van der Waals surface area (Å²) in [5, 5.41) is 0. The summed E-state index contributed by atoms with van der Waals surface area (Å²) >= 11 is 0. The molecule has 1 saturated heterocycles. The van der Waals surface area contributed by atoms with Crippen LogP contribution >= 0.6 is 0 Å². The number of benzene rings is 1. The number of amides is 2. The van der Waals surface area contributed by atoms with Crippen molar-refractivity contribution in [3.05, 3.63) is 35.9 Å². The van der Waals surface area contributed by atoms with Crippen LogP contribution in [0.2, 0.25) is 0 Å². The van der Waals surface area contributed by atoms with E-state index in [4.69, 9.17) is 9.47 Å². The summed E-state index contributed by atoms with van der Waals surface area (Å²) < 4.78 is 10.2. The average molecular weight is 305 g/mol. The number of ether oxygens (including phenoxy) is 2. The minimum atomic E-state index is -0.891. The molecule has 118 valence electrons. The number of likely N-dealkylation sites (tertiary alicyclic amines) is 1. The van der Waals surface area contributed by atoms with E-state index in [1.807, 2.05) is 30.3 Å². The highest BCUT2D eigenvalue weighted by Gasteiger charge is 2.42. The van der Waals surface area contributed by atoms with E-state index in [-0.39, 0.29) is 25.6 Å². The van der Waals surface area contributed by atoms with Crippen molar-refractivity contribution in [3.8, 4) is 0 Å². The Kier molecular flexibility index (Phi) is 5.14. The number of nitrogens with zero attached hydrogens (tertiary/aromatic N) is 1. The Morgan fingerprint density at radius 3 is 2.59 bits per heavy atom. The Hall–Kier alpha value is -2.37. The Morgan fingerprint density at radius 2 is 1.95 bits per heavy atom. The van der Waals surface area contributed by atoms with Gasteiger partial charge in [0, 0.05) is 6.42 Å². The largest absolute Gasteiger partial charge is 0.461 e. The number of hydrogen-bond donors (Lipinski definition) is 0. The molecular weight excluding hydrogens is 286 g/mol. The molecule has 2 amide bonds. The van der Waals surface area contributed by atoms with Crippen LogP contribution in [0.25, 0.3) is 0 Å². The van der Waals surface area contributed by atoms with E-state index in [1.165, 1.54) is 0 Å². The van der Waals surface area contributed by atoms with Gasteiger partial charge in [-0.2, -0.15) is 0 Å². The summed E-state index contributed by atoms with van der Waals surface area (Å²) in [6, 6.07) is 8.23. The number of esters is 1. The van der Waals surface area contributed by atoms with E-state index in [0.717, 1.165) is 10.5 Å². The monoisotopic (exact) mass is 305 g/mol. The third kappa shape index (κ3) is 3.84. The standard InChI is InChI=1S/C16H19NO5/c1-11(2)22-15(19)13-8-9-14(18)17(13)16(20)21-10-12-6-4-3-5-7-12/h3-7,11,13H,8-10H2,1-2H3/t13-/m0/s1. The fraction of sp³-hybridized carbons (Fsp3) is 0.438. The smallest absolute Gasteiger partial charge is 0.417 e. The van der Waals surface area contributed by atoms with Gasteiger partial charge in [0.2, 0.25) is 5.91 Å². The van der Waals surface area contributed by atoms with Crippen LogP contribution in [0.5, 0.6) is 0 Å². The van der Waals surface area contributed by atoms with Gasteiger partial charge in [-0.1, -0.05) is 30.3 Å². The van der Waals surface area contributed by atoms with E-state index >= 15 is 0 Å². The van der Waals surface area contributed by atoms with Gasteiger partial charge < -0.3 is 9.47 Å². The van der Waals surface area contributed by atoms with Gasteiger partial charge in [-0.15, -0.1) is 0 Å². The van der Waals surface area contributed by atoms with Gasteiger partial charge in [-0.05, 0) is 25.8 Å². The summed E-state index contributed by atoms with van der Waals surface area (Å²) in [5.74, 6) is -0.985. The van der Waals surface area contributed by atoms with Gasteiger partial charge in [0.1, 0.15) is 12.6 Å². The number of carbonyl (C=O) groups excluding carboxylic acids is 3. The SMILES string of the molecule is CC(C)OC(=O)[C@@H]1CCC(=O)N1C(=O)OCc1ccccc1. The van der Waals surface area contributed by atoms with Crippen molar-refractivity contribution in [2.45, 2.75) is 45.4 Å². The molecule has 6 heteroatoms. The Balaban J connectivity index is 1.99. The lowest BCUT2D eigenvalue weighted by atomic mass is 10.2. The Labute approximate surface area is 129 Å². The van der Waals surface area contributed by atoms with Crippen molar-refractivity contribution in [2.24, 2.45) is 0 Å². The van der Waals surface area contributed by atoms with Gasteiger partial charge in [-0.25, -0.2) is 14.5 Å². The van der Waals surface area contributed by atoms with Crippen molar-refractivity contribution in [3.63, 3.8) is 0 Å². The second-order valence-corrected chi connectivity index (χ2v) is 5.34. The molecule has 0 saturated carbocycles. The van der Waals surface area contributed by atoms with E-state index in [9.17, 15) is 14.4 Å². The molecule has 1 fully saturated rings. The van der Waals surface area contributed by atoms with Crippen LogP contribution in [0.15, 0.2) is 30.3 Å². The van der Waals surface area contributed by atoms with Crippen LogP contribution < -0.4 is 0 Å². The third-order valence-corrected chi connectivity index (χ3v) is 3.24. The van der Waals surface area contributed by atoms with E-state index < -0.39 is 24.0 Å². The Morgan fingerprint density at radius 1 is 1.27 bits per heavy atom. The fourth-order valence-corrected chi connectivity index (χ4v) is 2.24. The first-order chi connectivity index (χ1) is 10.5. The van der Waals surface area contributed by atoms with Crippen LogP contribution in [0, 0.1) is 0 Å². The first-order valence-corrected chi connectivity index (χ1v) is 7.22. The van der Waals surface area contributed by atoms with Crippen molar-refractivity contribution in [1.82, 2.24) is 4.90 Å². The summed E-state index contributed by atoms with van der Waals surface area (Å²) in [4.78, 5) is 36.8. The maximum atomic E-state index is 12.1. The second kappa shape index (κ2) is 7.06. The van der Waals surface area contributed by atoms with Crippen molar-refractivity contribution in [1.29, 1.82) is 0 Å². The second-order valence-electron chi connectivity index (χ2n) is 5.34. The normalized spacial score (nSPS) is 17.7. The topological polar surface area (TPSA) is 72.9 Å². The highest BCUT2D eigenvalue weighted by Crippen LogP contribution is 2.22. The molecule has 0 N–H and O–H groups in total. The zero-order valence-electron chi connectivity index (χ0n) is 12.7. The summed E-state index contributed by atoms with van der Waals surface area (Å²) in [6.45, 7) is 3.48. The average Bonchev–Trinajstić information content (AvgIpc) is 2.87. The van der Waals surface area contributed by atoms with Gasteiger partial charge >= 0.3 is 12.1 Å². The first-order valence-electron chi connectivity index (χ1n) is 7.22. The number of hydrogen-bond acceptors (Lipinski definition) is 5. The lowest BCUT2D eigenvalue weighted by molar-refractivity contribution is -0.154. The Bertz CT molecular complexity index is 555. The number of carbonyl (C=O) groups is 3. The quantitative estimate of drug-likeness (QED) is 0.798. The van der Waals surface area contributed by atoms with Crippen LogP contribution in [-0.2, 0) is 25.7 Å². The van der Waals surface area contributed by atoms with Crippen molar-refractivity contribution < 1.29 is 23.9 Å². The van der Waals surface area contributed by atoms with Gasteiger partial charge in [0.25, 0.3) is 0 Å². The molecule has 22 heavy (non-hydrogen) atoms. The minimum Gasteiger partial charge on any atom is -0.461 e. The lowest BCUT2D eigenvalue weighted by Crippen LogP contribution is -2.44. The van der Waals surface area contributed by atoms with E-state index in [2.05, 4.69) is 0 Å². The minimum absolute atomic E-state index is 0.0510. The van der Waals surface area contributed by atoms with Crippen LogP contribution in [0.1, 0.15) is 32.3 Å². The molecule has 1 atom stereocenters. The van der Waals surface area contributed by atoms with Crippen LogP contribution in [0.4, 0.5) is 4.79 Å². The predicted molar refractivity (Wildman–Crippen MR) is 77.7 cm³/mol. The summed E-state index contributed by atoms with van der Waals surface area (Å²) in [7, 11) is 0. The zero-order chi connectivity index (χ0) is 16.1. The molecule has 1 heterocycles. The molecule has 0 radical (unpaired) electrons. The third-order valence-electron chi connectivity index (χ3n) is 3.24. The molecular formula is C16H19NO5. The van der Waals surface area contributed by atoms with Gasteiger partial charge in [-0.3, -0.25) is 4.79 Å². The van der Waals surface area contributed by atoms with Crippen molar-refractivity contribution >= 4 is 18.0 Å². The molecule has 0 aromatic heterocycles. The zero-order valence-corrected chi connectivity index (χ0v) is 12.7. The van der Waals surface area contributed by atoms with Crippen LogP contribution in [0.3, 0.4) is 0 Å². The van der Waals surface area contributed by atoms with Crippen molar-refractivity contribution in [2.75, 3.05) is 0 Å². The molecule has 0 unspecified atom stereocenters. The van der Waals surface area contributed by atoms with E-state index in [0.29, 0.717) is 0 Å². The fourth-order valence-electron chi connectivity index (χ4n) is 2.24. The highest BCUT2D eigenvalue weighted by molar-refractivity contribution is 5.99. The molecule has 0 aliphatic carbocycles. The lowest BCUT2D eigenvalue weighted by Gasteiger charge is -2.22. The summed E-state index contributed by atoms with van der Waals surface area (Å²) in [6.07, 6.45) is -0.703. The van der Waals surface area contributed by atoms with Crippen LogP contribution in [-0.4, -0.2) is 35.0 Å². The number of imide groups is 1. The molecule has 1 aliphatic heterocycles. The summed E-state index contributed by atoms with van der Waals surface area (Å²) in [5.41, 5.74) is 0.809. The maximum absolute atomic E-state index is 12.1. The predicted octanol–water partition coefficient (Wildman–Crippen LogP) is 2.27. The molecule has 2 rings (SSSR count). The van der Waals surface area contributed by atoms with E-state index in [1.54, 1.807) is 13.8 Å². The molecule has 1 aromatic rings. The molecule has 0 bridgehead atoms. The van der Waals surface area contributed by atoms with Gasteiger partial charge in [0.15, 0.2) is 0 Å². The van der Waals surface area contributed by atoms with Gasteiger partial charge in [0.05, 0.1) is 6.10 Å². The highest BCUT2D eigenvalue weighted by atomic mass is 16.6. The first kappa shape index (κ1) is 16.0. The number of rotatable bonds is 4. The maximum Gasteiger partial charge on any atom is 0.417 e. The molecule has 1 aromatic carbocycles.